The number of methoxy groups -OCH3 is 2. The van der Waals surface area contributed by atoms with Crippen LogP contribution in [0.15, 0.2) is 36.4 Å². The molecule has 0 saturated heterocycles. The Hall–Kier alpha value is -2.16. The van der Waals surface area contributed by atoms with Gasteiger partial charge in [0.1, 0.15) is 11.5 Å². The minimum Gasteiger partial charge on any atom is -0.497 e. The van der Waals surface area contributed by atoms with Gasteiger partial charge in [-0.05, 0) is 56.2 Å². The van der Waals surface area contributed by atoms with Gasteiger partial charge in [0.05, 0.1) is 14.2 Å². The smallest absolute Gasteiger partial charge is 0.119 e. The van der Waals surface area contributed by atoms with Crippen LogP contribution in [0.3, 0.4) is 0 Å². The Bertz CT molecular complexity index is 782. The van der Waals surface area contributed by atoms with Crippen LogP contribution in [0.1, 0.15) is 33.6 Å². The van der Waals surface area contributed by atoms with Crippen molar-refractivity contribution in [3.63, 3.8) is 0 Å². The first-order valence-electron chi connectivity index (χ1n) is 8.24. The highest BCUT2D eigenvalue weighted by molar-refractivity contribution is 6.09. The Labute approximate surface area is 137 Å². The summed E-state index contributed by atoms with van der Waals surface area (Å²) < 4.78 is 13.4. The van der Waals surface area contributed by atoms with E-state index in [2.05, 4.69) is 49.6 Å². The average Bonchev–Trinajstić information content (AvgIpc) is 2.94. The summed E-state index contributed by atoms with van der Waals surface area (Å²) in [7, 11) is 3.42. The van der Waals surface area contributed by atoms with E-state index in [0.717, 1.165) is 24.3 Å². The maximum Gasteiger partial charge on any atom is 0.119 e. The SMILES string of the molecule is CCC(C)(CC)n1c2ccc(OC)cc2c2cc(OC)ccc21. The van der Waals surface area contributed by atoms with E-state index in [1.54, 1.807) is 14.2 Å². The topological polar surface area (TPSA) is 23.4 Å². The van der Waals surface area contributed by atoms with Crippen LogP contribution in [0, 0.1) is 0 Å². The molecule has 0 saturated carbocycles. The van der Waals surface area contributed by atoms with Gasteiger partial charge in [0.15, 0.2) is 0 Å². The molecule has 3 nitrogen and oxygen atoms in total. The van der Waals surface area contributed by atoms with Crippen molar-refractivity contribution in [2.45, 2.75) is 39.2 Å². The second-order valence-corrected chi connectivity index (χ2v) is 6.31. The minimum atomic E-state index is 0.0865. The molecule has 3 aromatic rings. The van der Waals surface area contributed by atoms with Crippen LogP contribution < -0.4 is 9.47 Å². The molecule has 3 rings (SSSR count). The molecular weight excluding hydrogens is 286 g/mol. The first-order chi connectivity index (χ1) is 11.1. The monoisotopic (exact) mass is 311 g/mol. The summed E-state index contributed by atoms with van der Waals surface area (Å²) in [5, 5.41) is 2.43. The van der Waals surface area contributed by atoms with E-state index in [9.17, 15) is 0 Å². The van der Waals surface area contributed by atoms with Crippen LogP contribution in [0.4, 0.5) is 0 Å². The lowest BCUT2D eigenvalue weighted by Crippen LogP contribution is -2.28. The Morgan fingerprint density at radius 3 is 1.61 bits per heavy atom. The highest BCUT2D eigenvalue weighted by Gasteiger charge is 2.26. The maximum absolute atomic E-state index is 5.43. The highest BCUT2D eigenvalue weighted by atomic mass is 16.5. The molecule has 1 heterocycles. The molecule has 0 aliphatic carbocycles. The predicted octanol–water partition coefficient (Wildman–Crippen LogP) is 5.35. The number of aromatic nitrogens is 1. The normalized spacial score (nSPS) is 12.0. The van der Waals surface area contributed by atoms with Crippen molar-refractivity contribution in [3.05, 3.63) is 36.4 Å². The fourth-order valence-corrected chi connectivity index (χ4v) is 3.38. The third kappa shape index (κ3) is 2.35. The zero-order chi connectivity index (χ0) is 16.6. The summed E-state index contributed by atoms with van der Waals surface area (Å²) in [6.07, 6.45) is 2.17. The molecule has 1 aromatic heterocycles. The van der Waals surface area contributed by atoms with Gasteiger partial charge >= 0.3 is 0 Å². The van der Waals surface area contributed by atoms with Crippen molar-refractivity contribution in [1.82, 2.24) is 4.57 Å². The van der Waals surface area contributed by atoms with Crippen LogP contribution in [0.2, 0.25) is 0 Å². The van der Waals surface area contributed by atoms with Gasteiger partial charge in [-0.2, -0.15) is 0 Å². The van der Waals surface area contributed by atoms with Crippen molar-refractivity contribution in [1.29, 1.82) is 0 Å². The first-order valence-corrected chi connectivity index (χ1v) is 8.24. The van der Waals surface area contributed by atoms with Crippen molar-refractivity contribution < 1.29 is 9.47 Å². The summed E-state index contributed by atoms with van der Waals surface area (Å²) in [5.41, 5.74) is 2.59. The number of rotatable bonds is 5. The van der Waals surface area contributed by atoms with E-state index >= 15 is 0 Å². The van der Waals surface area contributed by atoms with Crippen molar-refractivity contribution in [2.24, 2.45) is 0 Å². The number of fused-ring (bicyclic) bond motifs is 3. The molecule has 0 N–H and O–H groups in total. The lowest BCUT2D eigenvalue weighted by Gasteiger charge is -2.31. The molecule has 23 heavy (non-hydrogen) atoms. The van der Waals surface area contributed by atoms with Gasteiger partial charge in [0.25, 0.3) is 0 Å². The molecular formula is C20H25NO2. The highest BCUT2D eigenvalue weighted by Crippen LogP contribution is 2.39. The average molecular weight is 311 g/mol. The summed E-state index contributed by atoms with van der Waals surface area (Å²) in [4.78, 5) is 0. The minimum absolute atomic E-state index is 0.0865. The number of ether oxygens (including phenoxy) is 2. The van der Waals surface area contributed by atoms with Gasteiger partial charge in [-0.25, -0.2) is 0 Å². The zero-order valence-electron chi connectivity index (χ0n) is 14.6. The zero-order valence-corrected chi connectivity index (χ0v) is 14.6. The molecule has 3 heteroatoms. The van der Waals surface area contributed by atoms with E-state index in [4.69, 9.17) is 9.47 Å². The molecule has 0 fully saturated rings. The van der Waals surface area contributed by atoms with Gasteiger partial charge in [-0.1, -0.05) is 13.8 Å². The number of hydrogen-bond acceptors (Lipinski definition) is 2. The number of benzene rings is 2. The summed E-state index contributed by atoms with van der Waals surface area (Å²) >= 11 is 0. The molecule has 2 aromatic carbocycles. The molecule has 122 valence electrons. The van der Waals surface area contributed by atoms with Crippen LogP contribution in [-0.2, 0) is 5.54 Å². The van der Waals surface area contributed by atoms with Crippen molar-refractivity contribution in [3.8, 4) is 11.5 Å². The van der Waals surface area contributed by atoms with Crippen LogP contribution in [0.5, 0.6) is 11.5 Å². The molecule has 0 aliphatic heterocycles. The molecule has 0 bridgehead atoms. The van der Waals surface area contributed by atoms with E-state index in [0.29, 0.717) is 0 Å². The number of nitrogens with zero attached hydrogens (tertiary/aromatic N) is 1. The van der Waals surface area contributed by atoms with E-state index in [1.807, 2.05) is 12.1 Å². The third-order valence-corrected chi connectivity index (χ3v) is 5.24. The van der Waals surface area contributed by atoms with Crippen molar-refractivity contribution >= 4 is 21.8 Å². The lowest BCUT2D eigenvalue weighted by molar-refractivity contribution is 0.313. The quantitative estimate of drug-likeness (QED) is 0.634. The molecule has 0 atom stereocenters. The Morgan fingerprint density at radius 1 is 0.826 bits per heavy atom. The Kier molecular flexibility index (Phi) is 3.97. The van der Waals surface area contributed by atoms with Crippen molar-refractivity contribution in [2.75, 3.05) is 14.2 Å². The van der Waals surface area contributed by atoms with Crippen LogP contribution >= 0.6 is 0 Å². The van der Waals surface area contributed by atoms with E-state index in [-0.39, 0.29) is 5.54 Å². The summed E-state index contributed by atoms with van der Waals surface area (Å²) in [5.74, 6) is 1.77. The Morgan fingerprint density at radius 2 is 1.26 bits per heavy atom. The Balaban J connectivity index is 2.46. The largest absolute Gasteiger partial charge is 0.497 e. The van der Waals surface area contributed by atoms with Gasteiger partial charge in [-0.15, -0.1) is 0 Å². The van der Waals surface area contributed by atoms with Gasteiger partial charge in [0, 0.05) is 27.3 Å². The predicted molar refractivity (Wildman–Crippen MR) is 96.8 cm³/mol. The fourth-order valence-electron chi connectivity index (χ4n) is 3.38. The molecule has 0 spiro atoms. The standard InChI is InChI=1S/C20H25NO2/c1-6-20(3,7-2)21-18-10-8-14(22-4)12-16(18)17-13-15(23-5)9-11-19(17)21/h8-13H,6-7H2,1-5H3. The van der Waals surface area contributed by atoms with E-state index in [1.165, 1.54) is 21.8 Å². The van der Waals surface area contributed by atoms with E-state index < -0.39 is 0 Å². The maximum atomic E-state index is 5.43. The fraction of sp³-hybridized carbons (Fsp3) is 0.400. The molecule has 0 aliphatic rings. The van der Waals surface area contributed by atoms with Gasteiger partial charge in [0.2, 0.25) is 0 Å². The molecule has 0 amide bonds. The van der Waals surface area contributed by atoms with Crippen LogP contribution in [0.25, 0.3) is 21.8 Å². The number of hydrogen-bond donors (Lipinski definition) is 0. The molecule has 0 radical (unpaired) electrons. The summed E-state index contributed by atoms with van der Waals surface area (Å²) in [6.45, 7) is 6.85. The molecule has 0 unspecified atom stereocenters. The van der Waals surface area contributed by atoms with Gasteiger partial charge < -0.3 is 14.0 Å². The summed E-state index contributed by atoms with van der Waals surface area (Å²) in [6, 6.07) is 12.7. The van der Waals surface area contributed by atoms with Gasteiger partial charge in [-0.3, -0.25) is 0 Å². The van der Waals surface area contributed by atoms with Crippen LogP contribution in [-0.4, -0.2) is 18.8 Å². The third-order valence-electron chi connectivity index (χ3n) is 5.24. The second-order valence-electron chi connectivity index (χ2n) is 6.31. The lowest BCUT2D eigenvalue weighted by atomic mass is 9.94. The second kappa shape index (κ2) is 5.80. The first kappa shape index (κ1) is 15.7.